The van der Waals surface area contributed by atoms with Crippen LogP contribution in [0.25, 0.3) is 0 Å². The van der Waals surface area contributed by atoms with Crippen LogP contribution < -0.4 is 4.90 Å². The average molecular weight is 296 g/mol. The molecule has 1 saturated heterocycles. The Morgan fingerprint density at radius 2 is 2.10 bits per heavy atom. The second kappa shape index (κ2) is 4.54. The third-order valence-electron chi connectivity index (χ3n) is 3.89. The number of benzene rings is 1. The Morgan fingerprint density at radius 3 is 2.75 bits per heavy atom. The molecule has 6 nitrogen and oxygen atoms in total. The molecule has 108 valence electrons. The molecular weight excluding hydrogens is 280 g/mol. The number of hydrogen-bond donors (Lipinski definition) is 1. The summed E-state index contributed by atoms with van der Waals surface area (Å²) in [6.07, 6.45) is 0.107. The van der Waals surface area contributed by atoms with Crippen LogP contribution in [0.3, 0.4) is 0 Å². The van der Waals surface area contributed by atoms with Gasteiger partial charge in [-0.3, -0.25) is 4.79 Å². The van der Waals surface area contributed by atoms with E-state index >= 15 is 0 Å². The van der Waals surface area contributed by atoms with Gasteiger partial charge in [-0.25, -0.2) is 8.42 Å². The van der Waals surface area contributed by atoms with Crippen LogP contribution in [0, 0.1) is 0 Å². The first-order valence-corrected chi connectivity index (χ1v) is 7.91. The minimum atomic E-state index is -3.58. The van der Waals surface area contributed by atoms with Crippen molar-refractivity contribution in [2.24, 2.45) is 0 Å². The molecule has 1 fully saturated rings. The van der Waals surface area contributed by atoms with Gasteiger partial charge in [0.2, 0.25) is 15.9 Å². The van der Waals surface area contributed by atoms with Gasteiger partial charge in [0, 0.05) is 25.8 Å². The fourth-order valence-corrected chi connectivity index (χ4v) is 4.23. The SMILES string of the molecule is CN1C(=O)Cc2cc(S(=O)(=O)N3CCC(O)C3)ccc21. The summed E-state index contributed by atoms with van der Waals surface area (Å²) in [4.78, 5) is 13.3. The van der Waals surface area contributed by atoms with Crippen LogP contribution in [0.15, 0.2) is 23.1 Å². The standard InChI is InChI=1S/C13H16N2O4S/c1-14-12-3-2-11(6-9(12)7-13(14)17)20(18,19)15-5-4-10(16)8-15/h2-3,6,10,16H,4-5,7-8H2,1H3. The highest BCUT2D eigenvalue weighted by molar-refractivity contribution is 7.89. The molecule has 0 saturated carbocycles. The van der Waals surface area contributed by atoms with Gasteiger partial charge in [-0.15, -0.1) is 0 Å². The number of aliphatic hydroxyl groups is 1. The van der Waals surface area contributed by atoms with Gasteiger partial charge >= 0.3 is 0 Å². The summed E-state index contributed by atoms with van der Waals surface area (Å²) in [6, 6.07) is 4.75. The lowest BCUT2D eigenvalue weighted by molar-refractivity contribution is -0.117. The second-order valence-electron chi connectivity index (χ2n) is 5.23. The van der Waals surface area contributed by atoms with E-state index in [-0.39, 0.29) is 23.8 Å². The summed E-state index contributed by atoms with van der Waals surface area (Å²) in [5, 5.41) is 9.48. The first-order valence-electron chi connectivity index (χ1n) is 6.47. The number of carbonyl (C=O) groups excluding carboxylic acids is 1. The summed E-state index contributed by atoms with van der Waals surface area (Å²) in [5.74, 6) is -0.0360. The van der Waals surface area contributed by atoms with Crippen LogP contribution in [-0.2, 0) is 21.2 Å². The molecule has 7 heteroatoms. The van der Waals surface area contributed by atoms with Crippen molar-refractivity contribution >= 4 is 21.6 Å². The van der Waals surface area contributed by atoms with E-state index in [4.69, 9.17) is 0 Å². The van der Waals surface area contributed by atoms with Crippen LogP contribution in [0.2, 0.25) is 0 Å². The fraction of sp³-hybridized carbons (Fsp3) is 0.462. The van der Waals surface area contributed by atoms with Crippen LogP contribution >= 0.6 is 0 Å². The van der Waals surface area contributed by atoms with Gasteiger partial charge < -0.3 is 10.0 Å². The van der Waals surface area contributed by atoms with Crippen molar-refractivity contribution < 1.29 is 18.3 Å². The summed E-state index contributed by atoms with van der Waals surface area (Å²) < 4.78 is 26.2. The van der Waals surface area contributed by atoms with E-state index in [1.165, 1.54) is 15.3 Å². The molecule has 3 rings (SSSR count). The highest BCUT2D eigenvalue weighted by atomic mass is 32.2. The highest BCUT2D eigenvalue weighted by Gasteiger charge is 2.33. The first kappa shape index (κ1) is 13.5. The maximum absolute atomic E-state index is 12.5. The van der Waals surface area contributed by atoms with Crippen molar-refractivity contribution in [3.63, 3.8) is 0 Å². The number of sulfonamides is 1. The van der Waals surface area contributed by atoms with Gasteiger partial charge in [-0.05, 0) is 30.2 Å². The van der Waals surface area contributed by atoms with Crippen LogP contribution in [-0.4, -0.2) is 50.0 Å². The Balaban J connectivity index is 1.96. The number of amides is 1. The molecule has 1 amide bonds. The predicted octanol–water partition coefficient (Wildman–Crippen LogP) is -0.0392. The van der Waals surface area contributed by atoms with Crippen molar-refractivity contribution in [1.82, 2.24) is 4.31 Å². The number of rotatable bonds is 2. The van der Waals surface area contributed by atoms with Crippen LogP contribution in [0.1, 0.15) is 12.0 Å². The Kier molecular flexibility index (Phi) is 3.07. The van der Waals surface area contributed by atoms with E-state index < -0.39 is 16.1 Å². The number of likely N-dealkylation sites (N-methyl/N-ethyl adjacent to an activating group) is 1. The maximum atomic E-state index is 12.5. The summed E-state index contributed by atoms with van der Waals surface area (Å²) in [6.45, 7) is 0.470. The molecule has 20 heavy (non-hydrogen) atoms. The molecule has 0 aromatic heterocycles. The molecule has 1 unspecified atom stereocenters. The third kappa shape index (κ3) is 2.02. The van der Waals surface area contributed by atoms with E-state index in [1.54, 1.807) is 19.2 Å². The number of carbonyl (C=O) groups is 1. The Bertz CT molecular complexity index is 671. The van der Waals surface area contributed by atoms with E-state index in [2.05, 4.69) is 0 Å². The zero-order valence-corrected chi connectivity index (χ0v) is 11.9. The lowest BCUT2D eigenvalue weighted by atomic mass is 10.2. The van der Waals surface area contributed by atoms with Gasteiger partial charge in [0.05, 0.1) is 17.4 Å². The smallest absolute Gasteiger partial charge is 0.243 e. The monoisotopic (exact) mass is 296 g/mol. The molecule has 2 heterocycles. The largest absolute Gasteiger partial charge is 0.392 e. The fourth-order valence-electron chi connectivity index (χ4n) is 2.69. The van der Waals surface area contributed by atoms with E-state index in [0.717, 1.165) is 11.3 Å². The topological polar surface area (TPSA) is 77.9 Å². The first-order chi connectivity index (χ1) is 9.39. The molecule has 2 aliphatic heterocycles. The van der Waals surface area contributed by atoms with Crippen molar-refractivity contribution in [2.45, 2.75) is 23.8 Å². The Hall–Kier alpha value is -1.44. The average Bonchev–Trinajstić information content (AvgIpc) is 2.95. The van der Waals surface area contributed by atoms with Crippen molar-refractivity contribution in [3.05, 3.63) is 23.8 Å². The molecule has 1 aromatic carbocycles. The van der Waals surface area contributed by atoms with E-state index in [1.807, 2.05) is 0 Å². The predicted molar refractivity (Wildman–Crippen MR) is 72.9 cm³/mol. The number of aliphatic hydroxyl groups excluding tert-OH is 1. The number of anilines is 1. The summed E-state index contributed by atoms with van der Waals surface area (Å²) >= 11 is 0. The number of hydrogen-bond acceptors (Lipinski definition) is 4. The van der Waals surface area contributed by atoms with Crippen molar-refractivity contribution in [1.29, 1.82) is 0 Å². The molecule has 0 radical (unpaired) electrons. The zero-order chi connectivity index (χ0) is 14.5. The van der Waals surface area contributed by atoms with E-state index in [9.17, 15) is 18.3 Å². The number of β-amino-alcohol motifs (C(OH)–C–C–N with tert-alkyl or cyclic N) is 1. The number of nitrogens with zero attached hydrogens (tertiary/aromatic N) is 2. The molecule has 0 aliphatic carbocycles. The lowest BCUT2D eigenvalue weighted by Gasteiger charge is -2.17. The quantitative estimate of drug-likeness (QED) is 0.831. The second-order valence-corrected chi connectivity index (χ2v) is 7.16. The van der Waals surface area contributed by atoms with Gasteiger partial charge in [0.1, 0.15) is 0 Å². The van der Waals surface area contributed by atoms with Gasteiger partial charge in [0.15, 0.2) is 0 Å². The minimum Gasteiger partial charge on any atom is -0.392 e. The Labute approximate surface area is 117 Å². The molecular formula is C13H16N2O4S. The van der Waals surface area contributed by atoms with Gasteiger partial charge in [-0.2, -0.15) is 4.31 Å². The maximum Gasteiger partial charge on any atom is 0.243 e. The highest BCUT2D eigenvalue weighted by Crippen LogP contribution is 2.31. The molecule has 2 aliphatic rings. The van der Waals surface area contributed by atoms with Gasteiger partial charge in [-0.1, -0.05) is 0 Å². The van der Waals surface area contributed by atoms with Gasteiger partial charge in [0.25, 0.3) is 0 Å². The molecule has 0 bridgehead atoms. The van der Waals surface area contributed by atoms with Crippen LogP contribution in [0.4, 0.5) is 5.69 Å². The summed E-state index contributed by atoms with van der Waals surface area (Å²) in [7, 11) is -1.90. The lowest BCUT2D eigenvalue weighted by Crippen LogP contribution is -2.29. The third-order valence-corrected chi connectivity index (χ3v) is 5.75. The summed E-state index contributed by atoms with van der Waals surface area (Å²) in [5.41, 5.74) is 1.49. The van der Waals surface area contributed by atoms with Crippen molar-refractivity contribution in [3.8, 4) is 0 Å². The zero-order valence-electron chi connectivity index (χ0n) is 11.1. The van der Waals surface area contributed by atoms with Crippen LogP contribution in [0.5, 0.6) is 0 Å². The molecule has 0 spiro atoms. The molecule has 1 aromatic rings. The number of fused-ring (bicyclic) bond motifs is 1. The molecule has 1 atom stereocenters. The minimum absolute atomic E-state index is 0.0360. The van der Waals surface area contributed by atoms with Crippen molar-refractivity contribution in [2.75, 3.05) is 25.0 Å². The Morgan fingerprint density at radius 1 is 1.35 bits per heavy atom. The molecule has 1 N–H and O–H groups in total. The van der Waals surface area contributed by atoms with E-state index in [0.29, 0.717) is 13.0 Å². The normalized spacial score (nSPS) is 23.4.